The van der Waals surface area contributed by atoms with E-state index in [0.29, 0.717) is 5.69 Å². The molecular weight excluding hydrogens is 396 g/mol. The lowest BCUT2D eigenvalue weighted by molar-refractivity contribution is -0.117. The van der Waals surface area contributed by atoms with Gasteiger partial charge in [0.05, 0.1) is 4.90 Å². The fourth-order valence-corrected chi connectivity index (χ4v) is 4.26. The molecule has 2 N–H and O–H groups in total. The summed E-state index contributed by atoms with van der Waals surface area (Å²) in [6.45, 7) is 3.95. The first-order chi connectivity index (χ1) is 14.4. The second-order valence-corrected chi connectivity index (χ2v) is 8.93. The highest BCUT2D eigenvalue weighted by Gasteiger charge is 2.26. The number of anilines is 1. The maximum atomic E-state index is 13.0. The van der Waals surface area contributed by atoms with E-state index in [9.17, 15) is 13.2 Å². The average Bonchev–Trinajstić information content (AvgIpc) is 2.74. The van der Waals surface area contributed by atoms with E-state index in [1.807, 2.05) is 61.5 Å². The van der Waals surface area contributed by atoms with Crippen molar-refractivity contribution in [2.75, 3.05) is 5.32 Å². The lowest BCUT2D eigenvalue weighted by Gasteiger charge is -2.19. The quantitative estimate of drug-likeness (QED) is 0.574. The fourth-order valence-electron chi connectivity index (χ4n) is 3.06. The number of hydrogen-bond donors (Lipinski definition) is 2. The number of carbonyl (C=O) groups excluding carboxylic acids is 1. The predicted molar refractivity (Wildman–Crippen MR) is 120 cm³/mol. The molecule has 3 aromatic carbocycles. The summed E-state index contributed by atoms with van der Waals surface area (Å²) >= 11 is 0. The molecule has 0 heterocycles. The summed E-state index contributed by atoms with van der Waals surface area (Å²) in [7, 11) is -3.86. The summed E-state index contributed by atoms with van der Waals surface area (Å²) in [6, 6.07) is 22.5. The summed E-state index contributed by atoms with van der Waals surface area (Å²) in [5, 5.41) is 2.83. The van der Waals surface area contributed by atoms with Crippen LogP contribution in [0.15, 0.2) is 83.8 Å². The summed E-state index contributed by atoms with van der Waals surface area (Å²) < 4.78 is 28.4. The van der Waals surface area contributed by atoms with Gasteiger partial charge in [0.15, 0.2) is 0 Å². The summed E-state index contributed by atoms with van der Waals surface area (Å²) in [6.07, 6.45) is 1.14. The number of nitrogens with one attached hydrogen (secondary N) is 2. The number of sulfonamides is 1. The maximum absolute atomic E-state index is 13.0. The zero-order chi connectivity index (χ0) is 21.6. The van der Waals surface area contributed by atoms with Gasteiger partial charge in [-0.05, 0) is 55.2 Å². The van der Waals surface area contributed by atoms with E-state index < -0.39 is 22.0 Å². The van der Waals surface area contributed by atoms with Crippen molar-refractivity contribution < 1.29 is 13.2 Å². The molecule has 1 unspecified atom stereocenters. The van der Waals surface area contributed by atoms with E-state index in [2.05, 4.69) is 17.0 Å². The molecule has 30 heavy (non-hydrogen) atoms. The third-order valence-electron chi connectivity index (χ3n) is 4.86. The lowest BCUT2D eigenvalue weighted by Crippen LogP contribution is -2.45. The van der Waals surface area contributed by atoms with Crippen molar-refractivity contribution in [3.63, 3.8) is 0 Å². The first kappa shape index (κ1) is 21.7. The van der Waals surface area contributed by atoms with Gasteiger partial charge in [-0.1, -0.05) is 67.1 Å². The minimum atomic E-state index is -3.86. The van der Waals surface area contributed by atoms with Crippen LogP contribution < -0.4 is 10.0 Å². The van der Waals surface area contributed by atoms with E-state index in [4.69, 9.17) is 0 Å². The van der Waals surface area contributed by atoms with Gasteiger partial charge >= 0.3 is 0 Å². The topological polar surface area (TPSA) is 75.3 Å². The van der Waals surface area contributed by atoms with Crippen LogP contribution in [-0.2, 0) is 27.7 Å². The van der Waals surface area contributed by atoms with E-state index >= 15 is 0 Å². The standard InChI is InChI=1S/C24H26N2O3S/c1-3-19-11-13-21(14-12-19)25-24(27)23(17-20-7-5-4-6-8-20)26-30(28,29)22-15-9-18(2)10-16-22/h4-16,23,26H,3,17H2,1-2H3,(H,25,27). The molecule has 0 aromatic heterocycles. The highest BCUT2D eigenvalue weighted by molar-refractivity contribution is 7.89. The molecule has 0 bridgehead atoms. The number of hydrogen-bond acceptors (Lipinski definition) is 3. The summed E-state index contributed by atoms with van der Waals surface area (Å²) in [5.41, 5.74) is 3.62. The number of amides is 1. The molecule has 0 aliphatic rings. The van der Waals surface area contributed by atoms with Gasteiger partial charge in [0.2, 0.25) is 15.9 Å². The van der Waals surface area contributed by atoms with E-state index in [1.54, 1.807) is 24.3 Å². The van der Waals surface area contributed by atoms with Crippen LogP contribution in [0.4, 0.5) is 5.69 Å². The Bertz CT molecular complexity index is 1080. The third-order valence-corrected chi connectivity index (χ3v) is 6.35. The van der Waals surface area contributed by atoms with Crippen molar-refractivity contribution in [1.29, 1.82) is 0 Å². The fraction of sp³-hybridized carbons (Fsp3) is 0.208. The van der Waals surface area contributed by atoms with Crippen molar-refractivity contribution in [1.82, 2.24) is 4.72 Å². The average molecular weight is 423 g/mol. The molecule has 0 aliphatic heterocycles. The normalized spacial score (nSPS) is 12.3. The number of benzene rings is 3. The number of rotatable bonds is 8. The molecule has 156 valence electrons. The molecule has 1 atom stereocenters. The SMILES string of the molecule is CCc1ccc(NC(=O)C(Cc2ccccc2)NS(=O)(=O)c2ccc(C)cc2)cc1. The van der Waals surface area contributed by atoms with Gasteiger partial charge in [0.25, 0.3) is 0 Å². The van der Waals surface area contributed by atoms with Gasteiger partial charge in [0, 0.05) is 5.69 Å². The van der Waals surface area contributed by atoms with Crippen LogP contribution >= 0.6 is 0 Å². The van der Waals surface area contributed by atoms with E-state index in [0.717, 1.165) is 23.1 Å². The first-order valence-electron chi connectivity index (χ1n) is 9.90. The monoisotopic (exact) mass is 422 g/mol. The van der Waals surface area contributed by atoms with Crippen LogP contribution in [0.3, 0.4) is 0 Å². The Kier molecular flexibility index (Phi) is 7.03. The molecule has 3 rings (SSSR count). The van der Waals surface area contributed by atoms with Crippen molar-refractivity contribution in [3.8, 4) is 0 Å². The summed E-state index contributed by atoms with van der Waals surface area (Å²) in [5.74, 6) is -0.404. The second kappa shape index (κ2) is 9.69. The van der Waals surface area contributed by atoms with Crippen LogP contribution in [0.2, 0.25) is 0 Å². The zero-order valence-electron chi connectivity index (χ0n) is 17.1. The van der Waals surface area contributed by atoms with Gasteiger partial charge in [-0.15, -0.1) is 0 Å². The van der Waals surface area contributed by atoms with Crippen LogP contribution in [0, 0.1) is 6.92 Å². The molecule has 0 saturated carbocycles. The molecule has 3 aromatic rings. The van der Waals surface area contributed by atoms with Crippen molar-refractivity contribution in [3.05, 3.63) is 95.6 Å². The smallest absolute Gasteiger partial charge is 0.242 e. The van der Waals surface area contributed by atoms with E-state index in [1.165, 1.54) is 0 Å². The third kappa shape index (κ3) is 5.78. The molecule has 0 saturated heterocycles. The molecule has 0 radical (unpaired) electrons. The minimum absolute atomic E-state index is 0.131. The Balaban J connectivity index is 1.83. The number of carbonyl (C=O) groups is 1. The van der Waals surface area contributed by atoms with Crippen LogP contribution in [0.5, 0.6) is 0 Å². The maximum Gasteiger partial charge on any atom is 0.242 e. The highest BCUT2D eigenvalue weighted by Crippen LogP contribution is 2.15. The highest BCUT2D eigenvalue weighted by atomic mass is 32.2. The van der Waals surface area contributed by atoms with Crippen LogP contribution in [0.1, 0.15) is 23.6 Å². The Labute approximate surface area is 178 Å². The Morgan fingerprint density at radius 3 is 2.10 bits per heavy atom. The van der Waals surface area contributed by atoms with Crippen molar-refractivity contribution in [2.24, 2.45) is 0 Å². The first-order valence-corrected chi connectivity index (χ1v) is 11.4. The minimum Gasteiger partial charge on any atom is -0.325 e. The van der Waals surface area contributed by atoms with Crippen molar-refractivity contribution >= 4 is 21.6 Å². The van der Waals surface area contributed by atoms with Gasteiger partial charge < -0.3 is 5.32 Å². The van der Waals surface area contributed by atoms with Gasteiger partial charge in [-0.3, -0.25) is 4.79 Å². The molecule has 5 nitrogen and oxygen atoms in total. The molecule has 0 aliphatic carbocycles. The molecule has 0 spiro atoms. The Hall–Kier alpha value is -2.96. The zero-order valence-corrected chi connectivity index (χ0v) is 17.9. The van der Waals surface area contributed by atoms with Gasteiger partial charge in [-0.2, -0.15) is 4.72 Å². The molecule has 1 amide bonds. The molecular formula is C24H26N2O3S. The Morgan fingerprint density at radius 1 is 0.867 bits per heavy atom. The van der Waals surface area contributed by atoms with Crippen molar-refractivity contribution in [2.45, 2.75) is 37.6 Å². The number of aryl methyl sites for hydroxylation is 2. The van der Waals surface area contributed by atoms with Gasteiger partial charge in [0.1, 0.15) is 6.04 Å². The second-order valence-electron chi connectivity index (χ2n) is 7.22. The largest absolute Gasteiger partial charge is 0.325 e. The molecule has 0 fully saturated rings. The van der Waals surface area contributed by atoms with E-state index in [-0.39, 0.29) is 11.3 Å². The lowest BCUT2D eigenvalue weighted by atomic mass is 10.1. The Morgan fingerprint density at radius 2 is 1.50 bits per heavy atom. The van der Waals surface area contributed by atoms with Crippen LogP contribution in [-0.4, -0.2) is 20.4 Å². The molecule has 6 heteroatoms. The van der Waals surface area contributed by atoms with Crippen LogP contribution in [0.25, 0.3) is 0 Å². The predicted octanol–water partition coefficient (Wildman–Crippen LogP) is 4.09. The van der Waals surface area contributed by atoms with Gasteiger partial charge in [-0.25, -0.2) is 8.42 Å². The summed E-state index contributed by atoms with van der Waals surface area (Å²) in [4.78, 5) is 13.1.